The van der Waals surface area contributed by atoms with Gasteiger partial charge in [-0.25, -0.2) is 4.39 Å². The molecular formula is C25H21FN4O3. The molecule has 3 aliphatic heterocycles. The van der Waals surface area contributed by atoms with Crippen LogP contribution in [0.3, 0.4) is 0 Å². The molecule has 7 nitrogen and oxygen atoms in total. The van der Waals surface area contributed by atoms with E-state index in [1.165, 1.54) is 12.3 Å². The largest absolute Gasteiger partial charge is 0.455 e. The highest BCUT2D eigenvalue weighted by Crippen LogP contribution is 2.51. The van der Waals surface area contributed by atoms with Gasteiger partial charge in [0.25, 0.3) is 0 Å². The van der Waals surface area contributed by atoms with Crippen LogP contribution in [0.4, 0.5) is 4.39 Å². The Kier molecular flexibility index (Phi) is 4.70. The van der Waals surface area contributed by atoms with Crippen LogP contribution >= 0.6 is 0 Å². The molecule has 166 valence electrons. The number of pyridine rings is 2. The third-order valence-corrected chi connectivity index (χ3v) is 6.13. The topological polar surface area (TPSA) is 91.9 Å². The van der Waals surface area contributed by atoms with Crippen LogP contribution in [0.25, 0.3) is 16.7 Å². The van der Waals surface area contributed by atoms with Crippen LogP contribution in [-0.2, 0) is 15.0 Å². The third-order valence-electron chi connectivity index (χ3n) is 6.13. The predicted octanol–water partition coefficient (Wildman–Crippen LogP) is 3.82. The second kappa shape index (κ2) is 7.75. The minimum Gasteiger partial charge on any atom is -0.455 e. The van der Waals surface area contributed by atoms with Gasteiger partial charge in [0.2, 0.25) is 0 Å². The minimum absolute atomic E-state index is 0.262. The van der Waals surface area contributed by atoms with Crippen LogP contribution in [0.5, 0.6) is 11.5 Å². The lowest BCUT2D eigenvalue weighted by Crippen LogP contribution is -2.42. The van der Waals surface area contributed by atoms with Crippen LogP contribution in [0.15, 0.2) is 60.0 Å². The monoisotopic (exact) mass is 444 g/mol. The quantitative estimate of drug-likeness (QED) is 0.646. The number of amidine groups is 1. The van der Waals surface area contributed by atoms with Crippen molar-refractivity contribution in [1.29, 1.82) is 0 Å². The molecule has 5 heterocycles. The van der Waals surface area contributed by atoms with Crippen molar-refractivity contribution in [2.75, 3.05) is 26.4 Å². The number of benzene rings is 1. The van der Waals surface area contributed by atoms with Crippen LogP contribution in [0.1, 0.15) is 23.2 Å². The second-order valence-corrected chi connectivity index (χ2v) is 8.30. The molecule has 0 aliphatic carbocycles. The number of rotatable bonds is 2. The zero-order chi connectivity index (χ0) is 22.4. The fraction of sp³-hybridized carbons (Fsp3) is 0.240. The maximum absolute atomic E-state index is 13.8. The molecule has 6 rings (SSSR count). The predicted molar refractivity (Wildman–Crippen MR) is 121 cm³/mol. The van der Waals surface area contributed by atoms with E-state index in [1.54, 1.807) is 12.4 Å². The van der Waals surface area contributed by atoms with Crippen LogP contribution in [0.2, 0.25) is 0 Å². The Morgan fingerprint density at radius 2 is 1.85 bits per heavy atom. The first-order valence-corrected chi connectivity index (χ1v) is 10.8. The van der Waals surface area contributed by atoms with Gasteiger partial charge in [0.1, 0.15) is 29.5 Å². The number of aromatic nitrogens is 2. The van der Waals surface area contributed by atoms with Gasteiger partial charge in [0, 0.05) is 22.9 Å². The Labute approximate surface area is 189 Å². The summed E-state index contributed by atoms with van der Waals surface area (Å²) in [6.07, 6.45) is 7.52. The number of hydrogen-bond donors (Lipinski definition) is 1. The standard InChI is InChI=1S/C25H21FN4O3/c26-18-6-17(9-28-10-18)15-3-4-22-19(7-15)25(14-32-13-24(27)30-25)20-8-21(29-11-23(20)33-22)16-2-1-5-31-12-16/h2-4,6-11H,1,5,12-14H2,(H2,27,30)/t25-/m0/s1. The molecule has 0 unspecified atom stereocenters. The lowest BCUT2D eigenvalue weighted by atomic mass is 9.79. The Hall–Kier alpha value is -3.62. The Balaban J connectivity index is 1.55. The summed E-state index contributed by atoms with van der Waals surface area (Å²) in [6.45, 7) is 1.77. The van der Waals surface area contributed by atoms with E-state index in [1.807, 2.05) is 24.3 Å². The van der Waals surface area contributed by atoms with Crippen molar-refractivity contribution in [2.24, 2.45) is 10.7 Å². The maximum Gasteiger partial charge on any atom is 0.151 e. The Morgan fingerprint density at radius 1 is 0.939 bits per heavy atom. The average molecular weight is 444 g/mol. The fourth-order valence-electron chi connectivity index (χ4n) is 4.60. The highest BCUT2D eigenvalue weighted by Gasteiger charge is 2.45. The first-order chi connectivity index (χ1) is 16.1. The highest BCUT2D eigenvalue weighted by atomic mass is 19.1. The Morgan fingerprint density at radius 3 is 2.67 bits per heavy atom. The number of halogens is 1. The molecule has 8 heteroatoms. The molecule has 1 aromatic carbocycles. The molecule has 0 radical (unpaired) electrons. The molecule has 3 aliphatic rings. The SMILES string of the molecule is NC1=N[C@@]2(COC1)c1cc(-c3cncc(F)c3)ccc1Oc1cnc(C3=CCCOC3)cc12. The first kappa shape index (κ1) is 20.0. The summed E-state index contributed by atoms with van der Waals surface area (Å²) in [5, 5.41) is 0. The normalized spacial score (nSPS) is 21.5. The van der Waals surface area contributed by atoms with Gasteiger partial charge in [-0.3, -0.25) is 15.0 Å². The van der Waals surface area contributed by atoms with Crippen molar-refractivity contribution in [3.8, 4) is 22.6 Å². The number of fused-ring (bicyclic) bond motifs is 4. The summed E-state index contributed by atoms with van der Waals surface area (Å²) in [4.78, 5) is 13.5. The number of nitrogens with two attached hydrogens (primary N) is 1. The average Bonchev–Trinajstić information content (AvgIpc) is 2.85. The molecule has 0 bridgehead atoms. The van der Waals surface area contributed by atoms with Crippen molar-refractivity contribution in [3.05, 3.63) is 77.6 Å². The molecule has 2 N–H and O–H groups in total. The summed E-state index contributed by atoms with van der Waals surface area (Å²) < 4.78 is 31.6. The molecule has 0 saturated heterocycles. The van der Waals surface area contributed by atoms with Gasteiger partial charge < -0.3 is 19.9 Å². The van der Waals surface area contributed by atoms with Crippen molar-refractivity contribution < 1.29 is 18.6 Å². The Bertz CT molecular complexity index is 1320. The van der Waals surface area contributed by atoms with Gasteiger partial charge in [-0.2, -0.15) is 0 Å². The van der Waals surface area contributed by atoms with Gasteiger partial charge in [-0.1, -0.05) is 12.1 Å². The molecule has 0 fully saturated rings. The molecule has 1 atom stereocenters. The van der Waals surface area contributed by atoms with E-state index in [4.69, 9.17) is 24.9 Å². The van der Waals surface area contributed by atoms with E-state index >= 15 is 0 Å². The number of hydrogen-bond acceptors (Lipinski definition) is 7. The number of aliphatic imine (C=N–C) groups is 1. The lowest BCUT2D eigenvalue weighted by Gasteiger charge is -2.39. The zero-order valence-electron chi connectivity index (χ0n) is 17.8. The van der Waals surface area contributed by atoms with Gasteiger partial charge in [-0.05, 0) is 41.8 Å². The highest BCUT2D eigenvalue weighted by molar-refractivity contribution is 5.84. The van der Waals surface area contributed by atoms with E-state index in [-0.39, 0.29) is 6.61 Å². The lowest BCUT2D eigenvalue weighted by molar-refractivity contribution is 0.109. The van der Waals surface area contributed by atoms with Gasteiger partial charge in [0.05, 0.1) is 37.9 Å². The maximum atomic E-state index is 13.8. The van der Waals surface area contributed by atoms with Crippen LogP contribution in [0, 0.1) is 5.82 Å². The zero-order valence-corrected chi connectivity index (χ0v) is 17.8. The summed E-state index contributed by atoms with van der Waals surface area (Å²) in [5.74, 6) is 1.23. The van der Waals surface area contributed by atoms with Gasteiger partial charge in [-0.15, -0.1) is 0 Å². The smallest absolute Gasteiger partial charge is 0.151 e. The van der Waals surface area contributed by atoms with E-state index in [0.717, 1.165) is 34.4 Å². The number of ether oxygens (including phenoxy) is 3. The summed E-state index contributed by atoms with van der Waals surface area (Å²) in [6, 6.07) is 9.11. The van der Waals surface area contributed by atoms with Gasteiger partial charge >= 0.3 is 0 Å². The van der Waals surface area contributed by atoms with E-state index < -0.39 is 11.4 Å². The van der Waals surface area contributed by atoms with E-state index in [0.29, 0.717) is 42.7 Å². The van der Waals surface area contributed by atoms with E-state index in [2.05, 4.69) is 16.0 Å². The van der Waals surface area contributed by atoms with Crippen LogP contribution in [-0.4, -0.2) is 42.2 Å². The summed E-state index contributed by atoms with van der Waals surface area (Å²) in [5.41, 5.74) is 10.2. The van der Waals surface area contributed by atoms with Crippen molar-refractivity contribution in [1.82, 2.24) is 9.97 Å². The molecule has 0 amide bonds. The van der Waals surface area contributed by atoms with Crippen LogP contribution < -0.4 is 10.5 Å². The molecule has 33 heavy (non-hydrogen) atoms. The molecule has 1 spiro atoms. The van der Waals surface area contributed by atoms with Crippen molar-refractivity contribution >= 4 is 11.4 Å². The molecule has 3 aromatic rings. The van der Waals surface area contributed by atoms with Crippen molar-refractivity contribution in [3.63, 3.8) is 0 Å². The molecule has 0 saturated carbocycles. The fourth-order valence-corrected chi connectivity index (χ4v) is 4.60. The second-order valence-electron chi connectivity index (χ2n) is 8.30. The van der Waals surface area contributed by atoms with Crippen molar-refractivity contribution in [2.45, 2.75) is 12.0 Å². The summed E-state index contributed by atoms with van der Waals surface area (Å²) >= 11 is 0. The summed E-state index contributed by atoms with van der Waals surface area (Å²) in [7, 11) is 0. The minimum atomic E-state index is -0.907. The number of nitrogens with zero attached hydrogens (tertiary/aromatic N) is 3. The van der Waals surface area contributed by atoms with E-state index in [9.17, 15) is 4.39 Å². The molecule has 2 aromatic heterocycles. The van der Waals surface area contributed by atoms with Gasteiger partial charge in [0.15, 0.2) is 5.75 Å². The first-order valence-electron chi connectivity index (χ1n) is 10.8. The molecular weight excluding hydrogens is 423 g/mol. The third kappa shape index (κ3) is 3.39.